The van der Waals surface area contributed by atoms with Gasteiger partial charge >= 0.3 is 0 Å². The first-order valence-corrected chi connectivity index (χ1v) is 7.52. The molecule has 0 radical (unpaired) electrons. The summed E-state index contributed by atoms with van der Waals surface area (Å²) in [5, 5.41) is 0. The van der Waals surface area contributed by atoms with Gasteiger partial charge in [-0.25, -0.2) is 0 Å². The Morgan fingerprint density at radius 3 is 2.71 bits per heavy atom. The largest absolute Gasteiger partial charge is 0.368 e. The molecule has 2 nitrogen and oxygen atoms in total. The number of benzene rings is 1. The van der Waals surface area contributed by atoms with Gasteiger partial charge in [0.05, 0.1) is 0 Å². The van der Waals surface area contributed by atoms with E-state index in [-0.39, 0.29) is 0 Å². The molecular formula is C14H22N2S. The Balaban J connectivity index is 2.38. The van der Waals surface area contributed by atoms with Crippen LogP contribution in [-0.4, -0.2) is 18.8 Å². The highest BCUT2D eigenvalue weighted by molar-refractivity contribution is 7.98. The van der Waals surface area contributed by atoms with Crippen LogP contribution in [0.25, 0.3) is 0 Å². The van der Waals surface area contributed by atoms with Gasteiger partial charge in [-0.1, -0.05) is 13.0 Å². The lowest BCUT2D eigenvalue weighted by molar-refractivity contribution is 0.625. The summed E-state index contributed by atoms with van der Waals surface area (Å²) in [5.41, 5.74) is 8.58. The van der Waals surface area contributed by atoms with E-state index in [1.807, 2.05) is 0 Å². The number of rotatable bonds is 3. The van der Waals surface area contributed by atoms with Gasteiger partial charge in [-0.3, -0.25) is 0 Å². The van der Waals surface area contributed by atoms with Crippen LogP contribution in [0.3, 0.4) is 0 Å². The molecule has 0 spiro atoms. The van der Waals surface area contributed by atoms with Crippen LogP contribution in [0.4, 0.5) is 5.69 Å². The van der Waals surface area contributed by atoms with Gasteiger partial charge in [-0.05, 0) is 37.7 Å². The molecule has 0 aromatic heterocycles. The molecule has 1 aliphatic heterocycles. The van der Waals surface area contributed by atoms with E-state index in [1.54, 1.807) is 11.8 Å². The Bertz CT molecular complexity index is 392. The molecule has 1 aromatic rings. The first-order chi connectivity index (χ1) is 8.17. The van der Waals surface area contributed by atoms with Gasteiger partial charge in [-0.15, -0.1) is 11.8 Å². The molecule has 1 saturated heterocycles. The van der Waals surface area contributed by atoms with Crippen LogP contribution in [0.15, 0.2) is 23.1 Å². The monoisotopic (exact) mass is 250 g/mol. The predicted octanol–water partition coefficient (Wildman–Crippen LogP) is 3.10. The van der Waals surface area contributed by atoms with Crippen molar-refractivity contribution in [1.29, 1.82) is 0 Å². The molecule has 0 amide bonds. The summed E-state index contributed by atoms with van der Waals surface area (Å²) in [7, 11) is 0. The predicted molar refractivity (Wildman–Crippen MR) is 76.7 cm³/mol. The number of anilines is 1. The molecule has 2 unspecified atom stereocenters. The summed E-state index contributed by atoms with van der Waals surface area (Å²) in [6.07, 6.45) is 3.40. The molecule has 2 N–H and O–H groups in total. The number of nitrogens with two attached hydrogens (primary N) is 1. The van der Waals surface area contributed by atoms with Gasteiger partial charge < -0.3 is 10.6 Å². The Hall–Kier alpha value is -0.670. The van der Waals surface area contributed by atoms with Crippen molar-refractivity contribution < 1.29 is 0 Å². The quantitative estimate of drug-likeness (QED) is 0.836. The van der Waals surface area contributed by atoms with E-state index in [9.17, 15) is 0 Å². The van der Waals surface area contributed by atoms with Crippen LogP contribution >= 0.6 is 11.8 Å². The maximum atomic E-state index is 5.93. The van der Waals surface area contributed by atoms with Crippen molar-refractivity contribution in [2.45, 2.75) is 37.8 Å². The molecule has 2 rings (SSSR count). The fourth-order valence-corrected chi connectivity index (χ4v) is 3.50. The lowest BCUT2D eigenvalue weighted by atomic mass is 10.1. The molecule has 1 aliphatic rings. The topological polar surface area (TPSA) is 29.3 Å². The molecule has 2 atom stereocenters. The van der Waals surface area contributed by atoms with Gasteiger partial charge in [-0.2, -0.15) is 0 Å². The third kappa shape index (κ3) is 2.45. The van der Waals surface area contributed by atoms with Crippen LogP contribution in [0.2, 0.25) is 0 Å². The standard InChI is InChI=1S/C14H22N2S/c1-10-7-11(2)16(9-10)13-5-4-6-14(17-3)12(13)8-15/h4-6,10-11H,7-9,15H2,1-3H3. The first kappa shape index (κ1) is 12.8. The number of thioether (sulfide) groups is 1. The van der Waals surface area contributed by atoms with Gasteiger partial charge in [0.2, 0.25) is 0 Å². The third-order valence-electron chi connectivity index (χ3n) is 3.63. The van der Waals surface area contributed by atoms with Crippen molar-refractivity contribution in [3.63, 3.8) is 0 Å². The molecule has 0 aliphatic carbocycles. The Morgan fingerprint density at radius 1 is 1.41 bits per heavy atom. The van der Waals surface area contributed by atoms with E-state index in [4.69, 9.17) is 5.73 Å². The summed E-state index contributed by atoms with van der Waals surface area (Å²) >= 11 is 1.79. The normalized spacial score (nSPS) is 24.4. The van der Waals surface area contributed by atoms with Crippen molar-refractivity contribution in [2.75, 3.05) is 17.7 Å². The zero-order chi connectivity index (χ0) is 12.4. The maximum Gasteiger partial charge on any atom is 0.0425 e. The highest BCUT2D eigenvalue weighted by Gasteiger charge is 2.27. The van der Waals surface area contributed by atoms with E-state index in [2.05, 4.69) is 43.2 Å². The summed E-state index contributed by atoms with van der Waals surface area (Å²) < 4.78 is 0. The number of hydrogen-bond donors (Lipinski definition) is 1. The molecule has 3 heteroatoms. The third-order valence-corrected chi connectivity index (χ3v) is 4.45. The van der Waals surface area contributed by atoms with Crippen molar-refractivity contribution in [2.24, 2.45) is 11.7 Å². The molecular weight excluding hydrogens is 228 g/mol. The molecule has 1 aromatic carbocycles. The second-order valence-electron chi connectivity index (χ2n) is 5.00. The molecule has 0 bridgehead atoms. The van der Waals surface area contributed by atoms with Crippen LogP contribution in [-0.2, 0) is 6.54 Å². The minimum Gasteiger partial charge on any atom is -0.368 e. The molecule has 0 saturated carbocycles. The van der Waals surface area contributed by atoms with Crippen LogP contribution in [0, 0.1) is 5.92 Å². The molecule has 1 fully saturated rings. The lowest BCUT2D eigenvalue weighted by Gasteiger charge is -2.27. The summed E-state index contributed by atoms with van der Waals surface area (Å²) in [6, 6.07) is 7.17. The van der Waals surface area contributed by atoms with Crippen molar-refractivity contribution in [3.05, 3.63) is 23.8 Å². The zero-order valence-electron chi connectivity index (χ0n) is 10.9. The zero-order valence-corrected chi connectivity index (χ0v) is 11.8. The Kier molecular flexibility index (Phi) is 4.00. The van der Waals surface area contributed by atoms with E-state index in [0.717, 1.165) is 12.5 Å². The fraction of sp³-hybridized carbons (Fsp3) is 0.571. The van der Waals surface area contributed by atoms with E-state index in [1.165, 1.54) is 22.6 Å². The smallest absolute Gasteiger partial charge is 0.0425 e. The van der Waals surface area contributed by atoms with Crippen molar-refractivity contribution in [1.82, 2.24) is 0 Å². The van der Waals surface area contributed by atoms with Gasteiger partial charge in [0, 0.05) is 35.3 Å². The van der Waals surface area contributed by atoms with Gasteiger partial charge in [0.15, 0.2) is 0 Å². The van der Waals surface area contributed by atoms with E-state index in [0.29, 0.717) is 12.6 Å². The average Bonchev–Trinajstić information content (AvgIpc) is 2.67. The van der Waals surface area contributed by atoms with Gasteiger partial charge in [0.25, 0.3) is 0 Å². The van der Waals surface area contributed by atoms with Crippen molar-refractivity contribution in [3.8, 4) is 0 Å². The Morgan fingerprint density at radius 2 is 2.18 bits per heavy atom. The fourth-order valence-electron chi connectivity index (χ4n) is 2.86. The number of hydrogen-bond acceptors (Lipinski definition) is 3. The summed E-state index contributed by atoms with van der Waals surface area (Å²) in [4.78, 5) is 3.84. The lowest BCUT2D eigenvalue weighted by Crippen LogP contribution is -2.28. The highest BCUT2D eigenvalue weighted by atomic mass is 32.2. The molecule has 17 heavy (non-hydrogen) atoms. The molecule has 94 valence electrons. The second kappa shape index (κ2) is 5.32. The Labute approximate surface area is 109 Å². The van der Waals surface area contributed by atoms with Crippen LogP contribution in [0.5, 0.6) is 0 Å². The average molecular weight is 250 g/mol. The first-order valence-electron chi connectivity index (χ1n) is 6.30. The summed E-state index contributed by atoms with van der Waals surface area (Å²) in [5.74, 6) is 0.786. The highest BCUT2D eigenvalue weighted by Crippen LogP contribution is 2.34. The summed E-state index contributed by atoms with van der Waals surface area (Å²) in [6.45, 7) is 6.43. The number of nitrogens with zero attached hydrogens (tertiary/aromatic N) is 1. The SMILES string of the molecule is CSc1cccc(N2CC(C)CC2C)c1CN. The molecule has 1 heterocycles. The van der Waals surface area contributed by atoms with Crippen molar-refractivity contribution >= 4 is 17.4 Å². The maximum absolute atomic E-state index is 5.93. The minimum atomic E-state index is 0.629. The second-order valence-corrected chi connectivity index (χ2v) is 5.85. The van der Waals surface area contributed by atoms with E-state index >= 15 is 0 Å². The van der Waals surface area contributed by atoms with Gasteiger partial charge in [0.1, 0.15) is 0 Å². The minimum absolute atomic E-state index is 0.629. The van der Waals surface area contributed by atoms with Crippen LogP contribution in [0.1, 0.15) is 25.8 Å². The van der Waals surface area contributed by atoms with E-state index < -0.39 is 0 Å². The van der Waals surface area contributed by atoms with Crippen LogP contribution < -0.4 is 10.6 Å².